The number of carboxylic acids is 1. The molecule has 1 fully saturated rings. The number of carbonyl (C=O) groups excluding carboxylic acids is 1. The van der Waals surface area contributed by atoms with Crippen molar-refractivity contribution in [1.82, 2.24) is 0 Å². The first kappa shape index (κ1) is 14.1. The lowest BCUT2D eigenvalue weighted by Gasteiger charge is -2.27. The summed E-state index contributed by atoms with van der Waals surface area (Å²) in [5.74, 6) is -1.21. The van der Waals surface area contributed by atoms with Crippen molar-refractivity contribution < 1.29 is 14.7 Å². The van der Waals surface area contributed by atoms with Crippen LogP contribution in [-0.2, 0) is 4.79 Å². The standard InChI is InChI=1S/C15H18O3S/c1-15(2)9-8-11(13(16)17)12(15)19-14(18)10-6-4-3-5-7-10/h3-7,11-12H,8-9H2,1-2H3,(H,16,17). The lowest BCUT2D eigenvalue weighted by molar-refractivity contribution is -0.141. The zero-order valence-electron chi connectivity index (χ0n) is 11.1. The third-order valence-corrected chi connectivity index (χ3v) is 5.47. The van der Waals surface area contributed by atoms with Gasteiger partial charge >= 0.3 is 5.97 Å². The second-order valence-electron chi connectivity index (χ2n) is 5.66. The third kappa shape index (κ3) is 3.00. The van der Waals surface area contributed by atoms with Gasteiger partial charge in [0.2, 0.25) is 5.12 Å². The first-order valence-corrected chi connectivity index (χ1v) is 7.28. The van der Waals surface area contributed by atoms with Gasteiger partial charge in [0.1, 0.15) is 0 Å². The van der Waals surface area contributed by atoms with Crippen molar-refractivity contribution in [3.8, 4) is 0 Å². The summed E-state index contributed by atoms with van der Waals surface area (Å²) in [7, 11) is 0. The van der Waals surface area contributed by atoms with Crippen LogP contribution in [0.3, 0.4) is 0 Å². The Morgan fingerprint density at radius 3 is 2.47 bits per heavy atom. The molecule has 19 heavy (non-hydrogen) atoms. The molecule has 0 aliphatic heterocycles. The summed E-state index contributed by atoms with van der Waals surface area (Å²) in [6.07, 6.45) is 1.51. The van der Waals surface area contributed by atoms with E-state index in [9.17, 15) is 14.7 Å². The fourth-order valence-corrected chi connectivity index (χ4v) is 3.97. The molecule has 0 aromatic heterocycles. The minimum absolute atomic E-state index is 0.0353. The van der Waals surface area contributed by atoms with Gasteiger partial charge in [-0.25, -0.2) is 0 Å². The van der Waals surface area contributed by atoms with Crippen molar-refractivity contribution in [2.75, 3.05) is 0 Å². The van der Waals surface area contributed by atoms with E-state index in [4.69, 9.17) is 0 Å². The first-order valence-electron chi connectivity index (χ1n) is 6.40. The fraction of sp³-hybridized carbons (Fsp3) is 0.467. The van der Waals surface area contributed by atoms with Crippen LogP contribution in [0.2, 0.25) is 0 Å². The molecular weight excluding hydrogens is 260 g/mol. The van der Waals surface area contributed by atoms with Gasteiger partial charge < -0.3 is 5.11 Å². The van der Waals surface area contributed by atoms with E-state index in [-0.39, 0.29) is 15.8 Å². The minimum atomic E-state index is -0.788. The summed E-state index contributed by atoms with van der Waals surface area (Å²) in [6, 6.07) is 9.05. The molecule has 1 aromatic rings. The quantitative estimate of drug-likeness (QED) is 0.920. The zero-order chi connectivity index (χ0) is 14.0. The van der Waals surface area contributed by atoms with Gasteiger partial charge in [-0.1, -0.05) is 55.9 Å². The second-order valence-corrected chi connectivity index (χ2v) is 6.78. The molecule has 1 saturated carbocycles. The Bertz CT molecular complexity index is 481. The van der Waals surface area contributed by atoms with E-state index in [2.05, 4.69) is 0 Å². The molecule has 0 saturated heterocycles. The Balaban J connectivity index is 2.16. The molecule has 0 radical (unpaired) electrons. The van der Waals surface area contributed by atoms with Crippen molar-refractivity contribution in [1.29, 1.82) is 0 Å². The normalized spacial score (nSPS) is 25.2. The Morgan fingerprint density at radius 1 is 1.26 bits per heavy atom. The van der Waals surface area contributed by atoms with E-state index < -0.39 is 11.9 Å². The molecule has 1 aromatic carbocycles. The molecule has 1 aliphatic carbocycles. The molecular formula is C15H18O3S. The third-order valence-electron chi connectivity index (χ3n) is 3.80. The van der Waals surface area contributed by atoms with Crippen molar-refractivity contribution in [3.05, 3.63) is 35.9 Å². The number of carboxylic acid groups (broad SMARTS) is 1. The van der Waals surface area contributed by atoms with Gasteiger partial charge in [0.05, 0.1) is 5.92 Å². The van der Waals surface area contributed by atoms with Crippen LogP contribution in [0.25, 0.3) is 0 Å². The van der Waals surface area contributed by atoms with Crippen molar-refractivity contribution in [3.63, 3.8) is 0 Å². The maximum Gasteiger partial charge on any atom is 0.307 e. The highest BCUT2D eigenvalue weighted by Crippen LogP contribution is 2.48. The molecule has 3 nitrogen and oxygen atoms in total. The smallest absolute Gasteiger partial charge is 0.307 e. The summed E-state index contributed by atoms with van der Waals surface area (Å²) in [5, 5.41) is 9.08. The highest BCUT2D eigenvalue weighted by molar-refractivity contribution is 8.14. The number of rotatable bonds is 3. The van der Waals surface area contributed by atoms with Gasteiger partial charge in [0.25, 0.3) is 0 Å². The van der Waals surface area contributed by atoms with E-state index in [0.717, 1.165) is 6.42 Å². The molecule has 0 bridgehead atoms. The summed E-state index contributed by atoms with van der Waals surface area (Å²) >= 11 is 1.18. The molecule has 2 rings (SSSR count). The molecule has 0 spiro atoms. The van der Waals surface area contributed by atoms with Crippen LogP contribution in [0.4, 0.5) is 0 Å². The van der Waals surface area contributed by atoms with Crippen molar-refractivity contribution in [2.24, 2.45) is 11.3 Å². The lowest BCUT2D eigenvalue weighted by Crippen LogP contribution is -2.30. The SMILES string of the molecule is CC1(C)CCC(C(=O)O)C1SC(=O)c1ccccc1. The maximum absolute atomic E-state index is 12.2. The number of aliphatic carboxylic acids is 1. The minimum Gasteiger partial charge on any atom is -0.481 e. The van der Waals surface area contributed by atoms with Crippen molar-refractivity contribution in [2.45, 2.75) is 31.9 Å². The van der Waals surface area contributed by atoms with Crippen molar-refractivity contribution >= 4 is 22.8 Å². The Kier molecular flexibility index (Phi) is 3.99. The molecule has 4 heteroatoms. The van der Waals surface area contributed by atoms with E-state index in [1.165, 1.54) is 11.8 Å². The van der Waals surface area contributed by atoms with Gasteiger partial charge in [0, 0.05) is 10.8 Å². The van der Waals surface area contributed by atoms with E-state index in [0.29, 0.717) is 12.0 Å². The monoisotopic (exact) mass is 278 g/mol. The highest BCUT2D eigenvalue weighted by Gasteiger charge is 2.46. The van der Waals surface area contributed by atoms with Gasteiger partial charge in [-0.2, -0.15) is 0 Å². The highest BCUT2D eigenvalue weighted by atomic mass is 32.2. The first-order chi connectivity index (χ1) is 8.92. The fourth-order valence-electron chi connectivity index (χ4n) is 2.62. The van der Waals surface area contributed by atoms with Gasteiger partial charge in [-0.15, -0.1) is 0 Å². The molecule has 102 valence electrons. The molecule has 1 aliphatic rings. The predicted molar refractivity (Wildman–Crippen MR) is 76.3 cm³/mol. The van der Waals surface area contributed by atoms with Crippen LogP contribution < -0.4 is 0 Å². The number of carbonyl (C=O) groups is 2. The van der Waals surface area contributed by atoms with E-state index >= 15 is 0 Å². The number of benzene rings is 1. The van der Waals surface area contributed by atoms with E-state index in [1.54, 1.807) is 12.1 Å². The average Bonchev–Trinajstić information content (AvgIpc) is 2.66. The molecule has 2 unspecified atom stereocenters. The summed E-state index contributed by atoms with van der Waals surface area (Å²) < 4.78 is 0. The van der Waals surface area contributed by atoms with Crippen LogP contribution in [0.15, 0.2) is 30.3 Å². The number of hydrogen-bond acceptors (Lipinski definition) is 3. The van der Waals surface area contributed by atoms with Crippen LogP contribution in [0.1, 0.15) is 37.0 Å². The van der Waals surface area contributed by atoms with Crippen LogP contribution in [-0.4, -0.2) is 21.4 Å². The number of hydrogen-bond donors (Lipinski definition) is 1. The molecule has 2 atom stereocenters. The zero-order valence-corrected chi connectivity index (χ0v) is 11.9. The van der Waals surface area contributed by atoms with Crippen LogP contribution in [0, 0.1) is 11.3 Å². The van der Waals surface area contributed by atoms with Crippen LogP contribution in [0.5, 0.6) is 0 Å². The molecule has 0 amide bonds. The second kappa shape index (κ2) is 5.37. The number of thioether (sulfide) groups is 1. The summed E-state index contributed by atoms with van der Waals surface area (Å²) in [4.78, 5) is 23.5. The molecule has 0 heterocycles. The van der Waals surface area contributed by atoms with Crippen LogP contribution >= 0.6 is 11.8 Å². The Morgan fingerprint density at radius 2 is 1.89 bits per heavy atom. The summed E-state index contributed by atoms with van der Waals surface area (Å²) in [5.41, 5.74) is 0.525. The Labute approximate surface area is 117 Å². The van der Waals surface area contributed by atoms with Gasteiger partial charge in [-0.3, -0.25) is 9.59 Å². The predicted octanol–water partition coefficient (Wildman–Crippen LogP) is 3.45. The summed E-state index contributed by atoms with van der Waals surface area (Å²) in [6.45, 7) is 4.10. The average molecular weight is 278 g/mol. The van der Waals surface area contributed by atoms with Gasteiger partial charge in [0.15, 0.2) is 0 Å². The lowest BCUT2D eigenvalue weighted by atomic mass is 9.90. The largest absolute Gasteiger partial charge is 0.481 e. The Hall–Kier alpha value is -1.29. The van der Waals surface area contributed by atoms with Gasteiger partial charge in [-0.05, 0) is 18.3 Å². The van der Waals surface area contributed by atoms with E-state index in [1.807, 2.05) is 32.0 Å². The molecule has 1 N–H and O–H groups in total. The maximum atomic E-state index is 12.2. The topological polar surface area (TPSA) is 54.4 Å².